The highest BCUT2D eigenvalue weighted by molar-refractivity contribution is 7.99. The molecule has 106 valence electrons. The summed E-state index contributed by atoms with van der Waals surface area (Å²) in [6.07, 6.45) is 0.967. The molecule has 4 N–H and O–H groups in total. The van der Waals surface area contributed by atoms with Crippen molar-refractivity contribution in [3.8, 4) is 0 Å². The Morgan fingerprint density at radius 2 is 2.21 bits per heavy atom. The van der Waals surface area contributed by atoms with Gasteiger partial charge in [0.2, 0.25) is 0 Å². The lowest BCUT2D eigenvalue weighted by molar-refractivity contribution is -0.384. The number of nitrogens with two attached hydrogens (primary N) is 1. The second-order valence-corrected chi connectivity index (χ2v) is 5.42. The van der Waals surface area contributed by atoms with Crippen LogP contribution in [-0.2, 0) is 0 Å². The quantitative estimate of drug-likeness (QED) is 0.291. The molecule has 0 aliphatic rings. The maximum absolute atomic E-state index is 10.8. The number of hydrogen-bond acceptors (Lipinski definition) is 7. The molecule has 7 nitrogen and oxygen atoms in total. The van der Waals surface area contributed by atoms with Gasteiger partial charge in [0.05, 0.1) is 17.1 Å². The molecule has 0 aliphatic carbocycles. The van der Waals surface area contributed by atoms with Gasteiger partial charge >= 0.3 is 0 Å². The first-order chi connectivity index (χ1) is 9.06. The number of hydrazine groups is 1. The van der Waals surface area contributed by atoms with E-state index >= 15 is 0 Å². The molecule has 0 saturated carbocycles. The molecule has 0 radical (unpaired) electrons. The van der Waals surface area contributed by atoms with E-state index in [1.165, 1.54) is 12.1 Å². The summed E-state index contributed by atoms with van der Waals surface area (Å²) in [7, 11) is 0. The molecule has 1 unspecified atom stereocenters. The minimum atomic E-state index is -0.467. The van der Waals surface area contributed by atoms with Gasteiger partial charge < -0.3 is 10.7 Å². The van der Waals surface area contributed by atoms with Crippen LogP contribution in [0.15, 0.2) is 12.1 Å². The molecule has 0 aliphatic heterocycles. The van der Waals surface area contributed by atoms with Gasteiger partial charge in [-0.1, -0.05) is 6.92 Å². The number of thioether (sulfide) groups is 1. The first kappa shape index (κ1) is 15.5. The highest BCUT2D eigenvalue weighted by Gasteiger charge is 2.12. The Morgan fingerprint density at radius 3 is 2.79 bits per heavy atom. The van der Waals surface area contributed by atoms with E-state index in [9.17, 15) is 10.1 Å². The Morgan fingerprint density at radius 1 is 1.53 bits per heavy atom. The van der Waals surface area contributed by atoms with Crippen molar-refractivity contribution in [2.24, 2.45) is 5.84 Å². The van der Waals surface area contributed by atoms with Crippen molar-refractivity contribution in [2.45, 2.75) is 26.3 Å². The zero-order chi connectivity index (χ0) is 14.3. The fourth-order valence-electron chi connectivity index (χ4n) is 1.50. The predicted octanol–water partition coefficient (Wildman–Crippen LogP) is 2.22. The van der Waals surface area contributed by atoms with Crippen molar-refractivity contribution in [3.63, 3.8) is 0 Å². The second-order valence-electron chi connectivity index (χ2n) is 4.03. The van der Waals surface area contributed by atoms with Gasteiger partial charge in [-0.3, -0.25) is 10.1 Å². The Bertz CT molecular complexity index is 430. The van der Waals surface area contributed by atoms with E-state index in [0.717, 1.165) is 17.9 Å². The Kier molecular flexibility index (Phi) is 6.37. The molecule has 0 saturated heterocycles. The zero-order valence-corrected chi connectivity index (χ0v) is 11.9. The molecular formula is C11H19N5O2S. The van der Waals surface area contributed by atoms with Gasteiger partial charge in [-0.25, -0.2) is 10.8 Å². The summed E-state index contributed by atoms with van der Waals surface area (Å²) in [4.78, 5) is 14.5. The second kappa shape index (κ2) is 7.80. The first-order valence-corrected chi connectivity index (χ1v) is 7.19. The van der Waals surface area contributed by atoms with E-state index in [4.69, 9.17) is 5.84 Å². The fraction of sp³-hybridized carbons (Fsp3) is 0.545. The summed E-state index contributed by atoms with van der Waals surface area (Å²) in [5.41, 5.74) is 2.29. The summed E-state index contributed by atoms with van der Waals surface area (Å²) in [6.45, 7) is 4.14. The molecule has 1 rings (SSSR count). The molecule has 0 fully saturated rings. The third-order valence-electron chi connectivity index (χ3n) is 2.46. The number of pyridine rings is 1. The minimum absolute atomic E-state index is 0.0411. The van der Waals surface area contributed by atoms with Gasteiger partial charge in [-0.05, 0) is 24.9 Å². The highest BCUT2D eigenvalue weighted by Crippen LogP contribution is 2.21. The molecule has 19 heavy (non-hydrogen) atoms. The normalized spacial score (nSPS) is 11.9. The van der Waals surface area contributed by atoms with Crippen molar-refractivity contribution in [2.75, 3.05) is 22.2 Å². The van der Waals surface area contributed by atoms with Crippen LogP contribution in [0.25, 0.3) is 0 Å². The molecule has 1 atom stereocenters. The molecule has 8 heteroatoms. The molecule has 0 bridgehead atoms. The van der Waals surface area contributed by atoms with Crippen LogP contribution < -0.4 is 16.6 Å². The summed E-state index contributed by atoms with van der Waals surface area (Å²) in [6, 6.07) is 2.90. The zero-order valence-electron chi connectivity index (χ0n) is 11.0. The van der Waals surface area contributed by atoms with E-state index in [1.54, 1.807) is 0 Å². The third kappa shape index (κ3) is 5.31. The third-order valence-corrected chi connectivity index (χ3v) is 3.40. The van der Waals surface area contributed by atoms with E-state index < -0.39 is 4.92 Å². The number of anilines is 2. The lowest BCUT2D eigenvalue weighted by atomic mass is 10.2. The van der Waals surface area contributed by atoms with Crippen molar-refractivity contribution in [3.05, 3.63) is 22.2 Å². The van der Waals surface area contributed by atoms with E-state index in [0.29, 0.717) is 5.82 Å². The first-order valence-electron chi connectivity index (χ1n) is 6.04. The topological polar surface area (TPSA) is 106 Å². The lowest BCUT2D eigenvalue weighted by Gasteiger charge is -2.14. The summed E-state index contributed by atoms with van der Waals surface area (Å²) < 4.78 is 0. The van der Waals surface area contributed by atoms with Crippen molar-refractivity contribution >= 4 is 29.1 Å². The van der Waals surface area contributed by atoms with Gasteiger partial charge in [-0.15, -0.1) is 0 Å². The van der Waals surface area contributed by atoms with Crippen LogP contribution in [0.2, 0.25) is 0 Å². The van der Waals surface area contributed by atoms with Crippen molar-refractivity contribution in [1.82, 2.24) is 4.98 Å². The van der Waals surface area contributed by atoms with Crippen molar-refractivity contribution < 1.29 is 4.92 Å². The molecular weight excluding hydrogens is 266 g/mol. The maximum Gasteiger partial charge on any atom is 0.276 e. The Balaban J connectivity index is 2.71. The monoisotopic (exact) mass is 285 g/mol. The smallest absolute Gasteiger partial charge is 0.276 e. The number of nitrogens with one attached hydrogen (secondary N) is 2. The summed E-state index contributed by atoms with van der Waals surface area (Å²) in [5, 5.41) is 13.9. The Hall–Kier alpha value is -1.54. The van der Waals surface area contributed by atoms with Gasteiger partial charge in [0.1, 0.15) is 11.6 Å². The van der Waals surface area contributed by atoms with Crippen LogP contribution in [0, 0.1) is 10.1 Å². The number of aromatic nitrogens is 1. The largest absolute Gasteiger partial charge is 0.367 e. The number of nitrogen functional groups attached to an aromatic ring is 1. The highest BCUT2D eigenvalue weighted by atomic mass is 32.2. The van der Waals surface area contributed by atoms with E-state index in [1.807, 2.05) is 18.7 Å². The van der Waals surface area contributed by atoms with E-state index in [2.05, 4.69) is 22.7 Å². The number of nitrogens with zero attached hydrogens (tertiary/aromatic N) is 2. The fourth-order valence-corrected chi connectivity index (χ4v) is 2.31. The maximum atomic E-state index is 10.8. The van der Waals surface area contributed by atoms with Gasteiger partial charge in [0, 0.05) is 6.04 Å². The van der Waals surface area contributed by atoms with Gasteiger partial charge in [0.25, 0.3) is 5.69 Å². The number of nitro groups is 1. The number of rotatable bonds is 8. The molecule has 1 aromatic heterocycles. The van der Waals surface area contributed by atoms with Crippen LogP contribution in [0.3, 0.4) is 0 Å². The van der Waals surface area contributed by atoms with Crippen LogP contribution in [-0.4, -0.2) is 27.5 Å². The lowest BCUT2D eigenvalue weighted by Crippen LogP contribution is -2.18. The molecule has 0 spiro atoms. The van der Waals surface area contributed by atoms with Crippen LogP contribution in [0.1, 0.15) is 20.3 Å². The predicted molar refractivity (Wildman–Crippen MR) is 79.4 cm³/mol. The Labute approximate surface area is 116 Å². The van der Waals surface area contributed by atoms with Crippen LogP contribution in [0.4, 0.5) is 17.3 Å². The standard InChI is InChI=1S/C11H19N5O2S/c1-3-19-5-4-8(2)13-10-6-9(16(17)18)7-11(14-10)15-12/h6-8H,3-5,12H2,1-2H3,(H2,13,14,15). The van der Waals surface area contributed by atoms with Crippen LogP contribution in [0.5, 0.6) is 0 Å². The van der Waals surface area contributed by atoms with Crippen molar-refractivity contribution in [1.29, 1.82) is 0 Å². The van der Waals surface area contributed by atoms with Gasteiger partial charge in [0.15, 0.2) is 0 Å². The summed E-state index contributed by atoms with van der Waals surface area (Å²) >= 11 is 1.86. The van der Waals surface area contributed by atoms with Gasteiger partial charge in [-0.2, -0.15) is 11.8 Å². The number of hydrogen-bond donors (Lipinski definition) is 3. The molecule has 0 aromatic carbocycles. The average Bonchev–Trinajstić information content (AvgIpc) is 2.38. The van der Waals surface area contributed by atoms with E-state index in [-0.39, 0.29) is 17.5 Å². The molecule has 1 heterocycles. The summed E-state index contributed by atoms with van der Waals surface area (Å²) in [5.74, 6) is 8.11. The van der Waals surface area contributed by atoms with Crippen LogP contribution >= 0.6 is 11.8 Å². The minimum Gasteiger partial charge on any atom is -0.367 e. The molecule has 1 aromatic rings. The average molecular weight is 285 g/mol. The molecule has 0 amide bonds. The SMILES string of the molecule is CCSCCC(C)Nc1cc([N+](=O)[O-])cc(NN)n1.